The maximum Gasteiger partial charge on any atom is 0.233 e. The van der Waals surface area contributed by atoms with E-state index in [1.165, 1.54) is 17.7 Å². The van der Waals surface area contributed by atoms with Gasteiger partial charge in [-0.1, -0.05) is 48.9 Å². The summed E-state index contributed by atoms with van der Waals surface area (Å²) in [5.74, 6) is 0.0338. The fourth-order valence-corrected chi connectivity index (χ4v) is 4.63. The van der Waals surface area contributed by atoms with Crippen LogP contribution in [-0.2, 0) is 21.4 Å². The third kappa shape index (κ3) is 4.25. The van der Waals surface area contributed by atoms with Crippen LogP contribution in [0.5, 0.6) is 0 Å². The summed E-state index contributed by atoms with van der Waals surface area (Å²) < 4.78 is 13.3. The molecule has 30 heavy (non-hydrogen) atoms. The first-order chi connectivity index (χ1) is 14.6. The average molecular weight is 409 g/mol. The Morgan fingerprint density at radius 1 is 0.867 bits per heavy atom. The first kappa shape index (κ1) is 20.6. The molecule has 0 aromatic heterocycles. The highest BCUT2D eigenvalue weighted by molar-refractivity contribution is 5.89. The summed E-state index contributed by atoms with van der Waals surface area (Å²) in [4.78, 5) is 29.7. The minimum Gasteiger partial charge on any atom is -0.339 e. The van der Waals surface area contributed by atoms with Crippen molar-refractivity contribution >= 4 is 11.8 Å². The molecule has 158 valence electrons. The van der Waals surface area contributed by atoms with Crippen molar-refractivity contribution < 1.29 is 14.0 Å². The minimum absolute atomic E-state index is 0.136. The summed E-state index contributed by atoms with van der Waals surface area (Å²) in [7, 11) is 0. The topological polar surface area (TPSA) is 40.6 Å². The summed E-state index contributed by atoms with van der Waals surface area (Å²) in [6, 6.07) is 16.6. The Morgan fingerprint density at radius 3 is 2.10 bits per heavy atom. The van der Waals surface area contributed by atoms with Gasteiger partial charge in [-0.2, -0.15) is 0 Å². The molecule has 1 saturated heterocycles. The third-order valence-electron chi connectivity index (χ3n) is 6.63. The van der Waals surface area contributed by atoms with Crippen molar-refractivity contribution in [1.82, 2.24) is 9.80 Å². The Hall–Kier alpha value is -2.69. The van der Waals surface area contributed by atoms with Crippen LogP contribution in [-0.4, -0.2) is 47.8 Å². The van der Waals surface area contributed by atoms with Gasteiger partial charge in [-0.05, 0) is 48.9 Å². The van der Waals surface area contributed by atoms with E-state index in [9.17, 15) is 14.0 Å². The molecule has 2 aromatic rings. The van der Waals surface area contributed by atoms with Crippen molar-refractivity contribution in [3.05, 3.63) is 71.5 Å². The second-order valence-corrected chi connectivity index (χ2v) is 8.45. The summed E-state index contributed by atoms with van der Waals surface area (Å²) >= 11 is 0. The zero-order valence-electron chi connectivity index (χ0n) is 17.4. The van der Waals surface area contributed by atoms with Crippen LogP contribution in [0.25, 0.3) is 0 Å². The van der Waals surface area contributed by atoms with E-state index in [4.69, 9.17) is 0 Å². The monoisotopic (exact) mass is 408 g/mol. The molecule has 2 fully saturated rings. The standard InChI is InChI=1S/C25H29FN2O2/c26-22-12-10-21(11-13-22)25(14-5-15-25)24(30)28-18-16-27(17-19-28)23(29)9-4-8-20-6-2-1-3-7-20/h1-3,6-7,10-13H,4-5,8-9,14-19H2. The molecule has 0 spiro atoms. The Morgan fingerprint density at radius 2 is 1.50 bits per heavy atom. The molecule has 2 aromatic carbocycles. The van der Waals surface area contributed by atoms with E-state index in [1.54, 1.807) is 12.1 Å². The summed E-state index contributed by atoms with van der Waals surface area (Å²) in [6.45, 7) is 2.34. The quantitative estimate of drug-likeness (QED) is 0.726. The fourth-order valence-electron chi connectivity index (χ4n) is 4.63. The molecule has 0 N–H and O–H groups in total. The number of nitrogens with zero attached hydrogens (tertiary/aromatic N) is 2. The molecule has 2 aliphatic rings. The van der Waals surface area contributed by atoms with Crippen LogP contribution in [0.2, 0.25) is 0 Å². The highest BCUT2D eigenvalue weighted by atomic mass is 19.1. The smallest absolute Gasteiger partial charge is 0.233 e. The van der Waals surface area contributed by atoms with Gasteiger partial charge in [0.05, 0.1) is 5.41 Å². The van der Waals surface area contributed by atoms with E-state index in [-0.39, 0.29) is 17.6 Å². The lowest BCUT2D eigenvalue weighted by molar-refractivity contribution is -0.146. The number of amides is 2. The number of rotatable bonds is 6. The third-order valence-corrected chi connectivity index (χ3v) is 6.63. The number of piperazine rings is 1. The van der Waals surface area contributed by atoms with Crippen LogP contribution in [0.15, 0.2) is 54.6 Å². The van der Waals surface area contributed by atoms with Crippen LogP contribution in [0.1, 0.15) is 43.2 Å². The SMILES string of the molecule is O=C(CCCc1ccccc1)N1CCN(C(=O)C2(c3ccc(F)cc3)CCC2)CC1. The predicted octanol–water partition coefficient (Wildman–Crippen LogP) is 3.94. The van der Waals surface area contributed by atoms with E-state index in [2.05, 4.69) is 12.1 Å². The Balaban J connectivity index is 1.29. The Bertz CT molecular complexity index is 870. The summed E-state index contributed by atoms with van der Waals surface area (Å²) in [6.07, 6.45) is 4.94. The zero-order valence-corrected chi connectivity index (χ0v) is 17.4. The van der Waals surface area contributed by atoms with E-state index in [1.807, 2.05) is 28.0 Å². The predicted molar refractivity (Wildman–Crippen MR) is 114 cm³/mol. The molecule has 1 saturated carbocycles. The lowest BCUT2D eigenvalue weighted by Gasteiger charge is -2.46. The van der Waals surface area contributed by atoms with Gasteiger partial charge in [0.2, 0.25) is 11.8 Å². The largest absolute Gasteiger partial charge is 0.339 e. The maximum absolute atomic E-state index is 13.3. The van der Waals surface area contributed by atoms with Crippen LogP contribution in [0.3, 0.4) is 0 Å². The second kappa shape index (κ2) is 8.99. The van der Waals surface area contributed by atoms with E-state index >= 15 is 0 Å². The molecule has 4 rings (SSSR count). The lowest BCUT2D eigenvalue weighted by atomic mass is 9.63. The molecule has 5 heteroatoms. The molecular weight excluding hydrogens is 379 g/mol. The molecule has 4 nitrogen and oxygen atoms in total. The first-order valence-electron chi connectivity index (χ1n) is 11.0. The number of carbonyl (C=O) groups excluding carboxylic acids is 2. The number of aryl methyl sites for hydroxylation is 1. The van der Waals surface area contributed by atoms with Crippen molar-refractivity contribution in [2.75, 3.05) is 26.2 Å². The zero-order chi connectivity index (χ0) is 21.0. The molecule has 0 unspecified atom stereocenters. The number of hydrogen-bond donors (Lipinski definition) is 0. The Kier molecular flexibility index (Phi) is 6.16. The van der Waals surface area contributed by atoms with Gasteiger partial charge < -0.3 is 9.80 Å². The number of carbonyl (C=O) groups is 2. The molecule has 1 aliphatic heterocycles. The van der Waals surface area contributed by atoms with Gasteiger partial charge in [0.25, 0.3) is 0 Å². The number of hydrogen-bond acceptors (Lipinski definition) is 2. The molecule has 0 bridgehead atoms. The van der Waals surface area contributed by atoms with Crippen molar-refractivity contribution in [2.24, 2.45) is 0 Å². The summed E-state index contributed by atoms with van der Waals surface area (Å²) in [5, 5.41) is 0. The fraction of sp³-hybridized carbons (Fsp3) is 0.440. The number of halogens is 1. The summed E-state index contributed by atoms with van der Waals surface area (Å²) in [5.41, 5.74) is 1.67. The van der Waals surface area contributed by atoms with Gasteiger partial charge in [-0.15, -0.1) is 0 Å². The molecule has 1 heterocycles. The maximum atomic E-state index is 13.3. The Labute approximate surface area is 177 Å². The second-order valence-electron chi connectivity index (χ2n) is 8.45. The van der Waals surface area contributed by atoms with Crippen molar-refractivity contribution in [2.45, 2.75) is 43.9 Å². The van der Waals surface area contributed by atoms with Crippen LogP contribution < -0.4 is 0 Å². The average Bonchev–Trinajstić information content (AvgIpc) is 2.75. The van der Waals surface area contributed by atoms with E-state index in [0.29, 0.717) is 32.6 Å². The van der Waals surface area contributed by atoms with E-state index in [0.717, 1.165) is 37.7 Å². The molecule has 2 amide bonds. The first-order valence-corrected chi connectivity index (χ1v) is 11.0. The normalized spacial score (nSPS) is 18.0. The number of benzene rings is 2. The van der Waals surface area contributed by atoms with Crippen molar-refractivity contribution in [3.8, 4) is 0 Å². The molecular formula is C25H29FN2O2. The lowest BCUT2D eigenvalue weighted by Crippen LogP contribution is -2.57. The highest BCUT2D eigenvalue weighted by Crippen LogP contribution is 2.45. The van der Waals surface area contributed by atoms with Crippen molar-refractivity contribution in [3.63, 3.8) is 0 Å². The van der Waals surface area contributed by atoms with Crippen LogP contribution in [0, 0.1) is 5.82 Å². The molecule has 0 radical (unpaired) electrons. The van der Waals surface area contributed by atoms with Crippen LogP contribution >= 0.6 is 0 Å². The molecule has 1 aliphatic carbocycles. The van der Waals surface area contributed by atoms with Crippen molar-refractivity contribution in [1.29, 1.82) is 0 Å². The van der Waals surface area contributed by atoms with Gasteiger partial charge >= 0.3 is 0 Å². The van der Waals surface area contributed by atoms with Crippen LogP contribution in [0.4, 0.5) is 4.39 Å². The van der Waals surface area contributed by atoms with Gasteiger partial charge in [0.15, 0.2) is 0 Å². The van der Waals surface area contributed by atoms with Gasteiger partial charge in [-0.25, -0.2) is 4.39 Å². The highest BCUT2D eigenvalue weighted by Gasteiger charge is 2.48. The van der Waals surface area contributed by atoms with E-state index < -0.39 is 5.41 Å². The van der Waals surface area contributed by atoms with Gasteiger partial charge in [0, 0.05) is 32.6 Å². The molecule has 0 atom stereocenters. The minimum atomic E-state index is -0.504. The van der Waals surface area contributed by atoms with Gasteiger partial charge in [0.1, 0.15) is 5.82 Å². The van der Waals surface area contributed by atoms with Gasteiger partial charge in [-0.3, -0.25) is 9.59 Å².